The smallest absolute Gasteiger partial charge is 0.193 e. The molecule has 3 heteroatoms. The van der Waals surface area contributed by atoms with Crippen molar-refractivity contribution in [2.75, 3.05) is 0 Å². The summed E-state index contributed by atoms with van der Waals surface area (Å²) in [7, 11) is 0. The highest BCUT2D eigenvalue weighted by atomic mass is 35.5. The predicted molar refractivity (Wildman–Crippen MR) is 46.9 cm³/mol. The van der Waals surface area contributed by atoms with E-state index in [9.17, 15) is 4.79 Å². The average Bonchev–Trinajstić information content (AvgIpc) is 2.03. The Hall–Kier alpha value is -1.33. The summed E-state index contributed by atoms with van der Waals surface area (Å²) in [6, 6.07) is 3.53. The molecule has 1 aromatic rings. The van der Waals surface area contributed by atoms with Crippen LogP contribution in [-0.4, -0.2) is 11.3 Å². The second kappa shape index (κ2) is 3.89. The number of rotatable bonds is 0. The van der Waals surface area contributed by atoms with Gasteiger partial charge in [0.05, 0.1) is 5.56 Å². The highest BCUT2D eigenvalue weighted by Gasteiger charge is 1.96. The van der Waals surface area contributed by atoms with E-state index in [4.69, 9.17) is 11.6 Å². The third-order valence-electron chi connectivity index (χ3n) is 1.25. The summed E-state index contributed by atoms with van der Waals surface area (Å²) in [6.45, 7) is 1.84. The summed E-state index contributed by atoms with van der Waals surface area (Å²) in [4.78, 5) is 13.9. The monoisotopic (exact) mass is 179 g/mol. The minimum atomic E-state index is 0.337. The van der Waals surface area contributed by atoms with Crippen LogP contribution < -0.4 is 0 Å². The minimum Gasteiger partial charge on any atom is -0.289 e. The molecule has 0 radical (unpaired) electrons. The Bertz CT molecular complexity index is 363. The van der Waals surface area contributed by atoms with E-state index in [0.29, 0.717) is 17.0 Å². The van der Waals surface area contributed by atoms with Gasteiger partial charge in [0.15, 0.2) is 6.29 Å². The maximum absolute atomic E-state index is 9.92. The van der Waals surface area contributed by atoms with E-state index >= 15 is 0 Å². The molecule has 0 aliphatic heterocycles. The van der Waals surface area contributed by atoms with Crippen molar-refractivity contribution in [1.82, 2.24) is 4.98 Å². The summed E-state index contributed by atoms with van der Waals surface area (Å²) in [6.07, 6.45) is 0.524. The van der Waals surface area contributed by atoms with Gasteiger partial charge in [0.1, 0.15) is 5.15 Å². The predicted octanol–water partition coefficient (Wildman–Crippen LogP) is 1.59. The largest absolute Gasteiger partial charge is 0.289 e. The molecule has 1 heterocycles. The summed E-state index contributed by atoms with van der Waals surface area (Å²) >= 11 is 5.74. The Balaban J connectivity index is 3.09. The van der Waals surface area contributed by atoms with Gasteiger partial charge in [-0.15, -0.1) is 0 Å². The number of halogens is 1. The van der Waals surface area contributed by atoms with E-state index in [1.807, 2.05) is 6.92 Å². The fraction of sp³-hybridized carbons (Fsp3) is 0.111. The van der Waals surface area contributed by atoms with E-state index in [1.165, 1.54) is 0 Å². The Morgan fingerprint density at radius 2 is 2.33 bits per heavy atom. The first-order valence-corrected chi connectivity index (χ1v) is 3.70. The van der Waals surface area contributed by atoms with E-state index in [1.54, 1.807) is 12.1 Å². The quantitative estimate of drug-likeness (QED) is 0.344. The number of carbonyl (C=O) groups excluding carboxylic acids is 1. The molecule has 0 unspecified atom stereocenters. The molecule has 0 atom stereocenters. The molecular formula is C9H6ClNO. The Kier molecular flexibility index (Phi) is 2.84. The number of pyridine rings is 1. The number of hydrogen-bond donors (Lipinski definition) is 0. The lowest BCUT2D eigenvalue weighted by atomic mass is 10.2. The molecule has 0 amide bonds. The second-order valence-corrected chi connectivity index (χ2v) is 2.54. The first-order chi connectivity index (χ1) is 5.74. The Labute approximate surface area is 75.6 Å². The Morgan fingerprint density at radius 1 is 1.58 bits per heavy atom. The van der Waals surface area contributed by atoms with Crippen molar-refractivity contribution in [1.29, 1.82) is 0 Å². The molecule has 0 spiro atoms. The number of carbonyl (C=O) groups is 1. The minimum absolute atomic E-state index is 0.337. The molecule has 0 fully saturated rings. The van der Waals surface area contributed by atoms with Crippen molar-refractivity contribution in [3.8, 4) is 11.8 Å². The van der Waals surface area contributed by atoms with Crippen molar-refractivity contribution in [2.24, 2.45) is 0 Å². The number of nitrogens with zero attached hydrogens (tertiary/aromatic N) is 1. The molecule has 0 aromatic carbocycles. The van der Waals surface area contributed by atoms with Crippen LogP contribution >= 0.6 is 11.6 Å². The molecule has 0 bridgehead atoms. The third-order valence-corrected chi connectivity index (χ3v) is 1.54. The van der Waals surface area contributed by atoms with Crippen LogP contribution in [-0.2, 0) is 4.79 Å². The molecule has 1 rings (SSSR count). The lowest BCUT2D eigenvalue weighted by Gasteiger charge is -1.95. The molecule has 12 heavy (non-hydrogen) atoms. The van der Waals surface area contributed by atoms with Crippen LogP contribution in [0.4, 0.5) is 0 Å². The first kappa shape index (κ1) is 8.76. The maximum Gasteiger partial charge on any atom is 0.193 e. The van der Waals surface area contributed by atoms with Gasteiger partial charge in [-0.05, 0) is 25.0 Å². The number of aromatic nitrogens is 1. The molecule has 1 aromatic heterocycles. The normalized spacial score (nSPS) is 8.50. The highest BCUT2D eigenvalue weighted by molar-refractivity contribution is 6.30. The summed E-state index contributed by atoms with van der Waals surface area (Å²) in [5, 5.41) is 0.337. The van der Waals surface area contributed by atoms with Gasteiger partial charge in [-0.3, -0.25) is 4.79 Å². The molecular weight excluding hydrogens is 174 g/mol. The zero-order valence-corrected chi connectivity index (χ0v) is 7.22. The summed E-state index contributed by atoms with van der Waals surface area (Å²) < 4.78 is 0. The van der Waals surface area contributed by atoms with Crippen molar-refractivity contribution in [3.05, 3.63) is 28.5 Å². The number of aldehydes is 1. The first-order valence-electron chi connectivity index (χ1n) is 3.32. The molecule has 0 saturated carbocycles. The molecule has 2 nitrogen and oxygen atoms in total. The van der Waals surface area contributed by atoms with Crippen LogP contribution in [0.2, 0.25) is 5.15 Å². The van der Waals surface area contributed by atoms with Gasteiger partial charge in [-0.1, -0.05) is 17.5 Å². The fourth-order valence-electron chi connectivity index (χ4n) is 0.725. The molecule has 0 aliphatic rings. The van der Waals surface area contributed by atoms with E-state index < -0.39 is 0 Å². The average molecular weight is 180 g/mol. The van der Waals surface area contributed by atoms with E-state index in [0.717, 1.165) is 5.69 Å². The van der Waals surface area contributed by atoms with E-state index in [2.05, 4.69) is 16.8 Å². The number of aryl methyl sites for hydroxylation is 1. The van der Waals surface area contributed by atoms with Crippen LogP contribution in [0, 0.1) is 18.8 Å². The van der Waals surface area contributed by atoms with Crippen LogP contribution in [0.5, 0.6) is 0 Å². The standard InChI is InChI=1S/C9H6ClNO/c1-7-4-5-8(3-2-6-12)9(10)11-7/h4-6H,1H3. The van der Waals surface area contributed by atoms with Crippen LogP contribution in [0.15, 0.2) is 12.1 Å². The summed E-state index contributed by atoms with van der Waals surface area (Å²) in [5.41, 5.74) is 1.41. The SMILES string of the molecule is Cc1ccc(C#CC=O)c(Cl)n1. The third kappa shape index (κ3) is 2.08. The topological polar surface area (TPSA) is 30.0 Å². The zero-order chi connectivity index (χ0) is 8.97. The molecule has 0 aliphatic carbocycles. The van der Waals surface area contributed by atoms with Gasteiger partial charge in [0.2, 0.25) is 0 Å². The van der Waals surface area contributed by atoms with E-state index in [-0.39, 0.29) is 0 Å². The van der Waals surface area contributed by atoms with Gasteiger partial charge in [0, 0.05) is 5.69 Å². The lowest BCUT2D eigenvalue weighted by molar-refractivity contribution is -0.103. The second-order valence-electron chi connectivity index (χ2n) is 2.18. The molecule has 60 valence electrons. The van der Waals surface area contributed by atoms with Gasteiger partial charge >= 0.3 is 0 Å². The van der Waals surface area contributed by atoms with Crippen LogP contribution in [0.3, 0.4) is 0 Å². The highest BCUT2D eigenvalue weighted by Crippen LogP contribution is 2.11. The zero-order valence-electron chi connectivity index (χ0n) is 6.47. The van der Waals surface area contributed by atoms with Crippen molar-refractivity contribution >= 4 is 17.9 Å². The summed E-state index contributed by atoms with van der Waals surface area (Å²) in [5.74, 6) is 4.85. The van der Waals surface area contributed by atoms with Gasteiger partial charge in [-0.2, -0.15) is 0 Å². The lowest BCUT2D eigenvalue weighted by Crippen LogP contribution is -1.85. The van der Waals surface area contributed by atoms with Crippen molar-refractivity contribution < 1.29 is 4.79 Å². The molecule has 0 saturated heterocycles. The maximum atomic E-state index is 9.92. The van der Waals surface area contributed by atoms with Crippen molar-refractivity contribution in [3.63, 3.8) is 0 Å². The van der Waals surface area contributed by atoms with Gasteiger partial charge in [0.25, 0.3) is 0 Å². The molecule has 0 N–H and O–H groups in total. The van der Waals surface area contributed by atoms with Crippen LogP contribution in [0.25, 0.3) is 0 Å². The Morgan fingerprint density at radius 3 is 2.92 bits per heavy atom. The van der Waals surface area contributed by atoms with Crippen LogP contribution in [0.1, 0.15) is 11.3 Å². The number of hydrogen-bond acceptors (Lipinski definition) is 2. The van der Waals surface area contributed by atoms with Gasteiger partial charge < -0.3 is 0 Å². The van der Waals surface area contributed by atoms with Crippen molar-refractivity contribution in [2.45, 2.75) is 6.92 Å². The fourth-order valence-corrected chi connectivity index (χ4v) is 0.969. The van der Waals surface area contributed by atoms with Gasteiger partial charge in [-0.25, -0.2) is 4.98 Å².